The van der Waals surface area contributed by atoms with Crippen LogP contribution in [0.2, 0.25) is 0 Å². The van der Waals surface area contributed by atoms with Crippen molar-refractivity contribution in [2.45, 2.75) is 46.1 Å². The molecule has 0 aromatic heterocycles. The summed E-state index contributed by atoms with van der Waals surface area (Å²) in [6.45, 7) is 7.14. The predicted molar refractivity (Wildman–Crippen MR) is 74.0 cm³/mol. The third-order valence-corrected chi connectivity index (χ3v) is 4.12. The zero-order valence-corrected chi connectivity index (χ0v) is 12.0. The fourth-order valence-corrected chi connectivity index (χ4v) is 2.67. The second-order valence-electron chi connectivity index (χ2n) is 6.34. The van der Waals surface area contributed by atoms with Gasteiger partial charge in [0.15, 0.2) is 0 Å². The van der Waals surface area contributed by atoms with Crippen LogP contribution < -0.4 is 5.32 Å². The van der Waals surface area contributed by atoms with E-state index in [4.69, 9.17) is 0 Å². The van der Waals surface area contributed by atoms with Crippen LogP contribution in [0.15, 0.2) is 18.2 Å². The van der Waals surface area contributed by atoms with Crippen molar-refractivity contribution >= 4 is 0 Å². The molecular formula is C16H23F2N. The van der Waals surface area contributed by atoms with Crippen molar-refractivity contribution < 1.29 is 8.78 Å². The molecule has 0 amide bonds. The van der Waals surface area contributed by atoms with Crippen molar-refractivity contribution in [1.82, 2.24) is 5.32 Å². The molecule has 0 saturated heterocycles. The van der Waals surface area contributed by atoms with Crippen LogP contribution in [-0.4, -0.2) is 12.6 Å². The molecule has 1 N–H and O–H groups in total. The zero-order chi connectivity index (χ0) is 14.0. The summed E-state index contributed by atoms with van der Waals surface area (Å²) in [6.07, 6.45) is 2.81. The van der Waals surface area contributed by atoms with Crippen LogP contribution in [0.3, 0.4) is 0 Å². The lowest BCUT2D eigenvalue weighted by Gasteiger charge is -2.31. The summed E-state index contributed by atoms with van der Waals surface area (Å²) in [5, 5.41) is 3.42. The van der Waals surface area contributed by atoms with E-state index >= 15 is 0 Å². The number of hydrogen-bond donors (Lipinski definition) is 1. The molecule has 1 atom stereocenters. The van der Waals surface area contributed by atoms with E-state index in [1.807, 2.05) is 0 Å². The van der Waals surface area contributed by atoms with Crippen molar-refractivity contribution in [2.24, 2.45) is 11.3 Å². The van der Waals surface area contributed by atoms with E-state index in [0.29, 0.717) is 18.4 Å². The first-order chi connectivity index (χ1) is 8.92. The highest BCUT2D eigenvalue weighted by Crippen LogP contribution is 2.47. The molecule has 1 unspecified atom stereocenters. The molecule has 1 aromatic carbocycles. The number of rotatable bonds is 6. The molecule has 1 nitrogen and oxygen atoms in total. The molecule has 1 aliphatic rings. The predicted octanol–water partition coefficient (Wildman–Crippen LogP) is 3.92. The molecule has 0 bridgehead atoms. The number of nitrogens with one attached hydrogen (secondary N) is 1. The van der Waals surface area contributed by atoms with E-state index in [-0.39, 0.29) is 11.0 Å². The smallest absolute Gasteiger partial charge is 0.129 e. The Morgan fingerprint density at radius 2 is 1.84 bits per heavy atom. The average molecular weight is 267 g/mol. The SMILES string of the molecule is CC(C)NCC(C)(Cc1c(F)cccc1F)C1CC1. The Balaban J connectivity index is 2.16. The maximum absolute atomic E-state index is 13.8. The van der Waals surface area contributed by atoms with Crippen molar-refractivity contribution in [3.63, 3.8) is 0 Å². The summed E-state index contributed by atoms with van der Waals surface area (Å²) in [5.41, 5.74) is 0.176. The first-order valence-electron chi connectivity index (χ1n) is 7.08. The standard InChI is InChI=1S/C16H23F2N/c1-11(2)19-10-16(3,12-7-8-12)9-13-14(17)5-4-6-15(13)18/h4-6,11-12,19H,7-10H2,1-3H3. The number of halogens is 2. The summed E-state index contributed by atoms with van der Waals surface area (Å²) in [7, 11) is 0. The van der Waals surface area contributed by atoms with Gasteiger partial charge in [0.1, 0.15) is 11.6 Å². The first-order valence-corrected chi connectivity index (χ1v) is 7.08. The molecule has 0 heterocycles. The van der Waals surface area contributed by atoms with Crippen molar-refractivity contribution in [3.8, 4) is 0 Å². The summed E-state index contributed by atoms with van der Waals surface area (Å²) >= 11 is 0. The number of hydrogen-bond acceptors (Lipinski definition) is 1. The first kappa shape index (κ1) is 14.4. The largest absolute Gasteiger partial charge is 0.314 e. The minimum absolute atomic E-state index is 0.0622. The third kappa shape index (κ3) is 3.53. The molecule has 1 aromatic rings. The summed E-state index contributed by atoms with van der Waals surface area (Å²) in [4.78, 5) is 0. The summed E-state index contributed by atoms with van der Waals surface area (Å²) in [5.74, 6) is -0.259. The van der Waals surface area contributed by atoms with Crippen molar-refractivity contribution in [2.75, 3.05) is 6.54 Å². The van der Waals surface area contributed by atoms with Gasteiger partial charge in [0.25, 0.3) is 0 Å². The lowest BCUT2D eigenvalue weighted by atomic mass is 9.78. The molecule has 0 spiro atoms. The maximum Gasteiger partial charge on any atom is 0.129 e. The fraction of sp³-hybridized carbons (Fsp3) is 0.625. The molecule has 2 rings (SSSR count). The lowest BCUT2D eigenvalue weighted by Crippen LogP contribution is -2.39. The van der Waals surface area contributed by atoms with Crippen LogP contribution >= 0.6 is 0 Å². The van der Waals surface area contributed by atoms with Gasteiger partial charge in [-0.2, -0.15) is 0 Å². The van der Waals surface area contributed by atoms with Crippen molar-refractivity contribution in [3.05, 3.63) is 35.4 Å². The Morgan fingerprint density at radius 1 is 1.26 bits per heavy atom. The molecule has 106 valence electrons. The Hall–Kier alpha value is -0.960. The fourth-order valence-electron chi connectivity index (χ4n) is 2.67. The molecular weight excluding hydrogens is 244 g/mol. The van der Waals surface area contributed by atoms with Crippen LogP contribution in [-0.2, 0) is 6.42 Å². The van der Waals surface area contributed by atoms with Gasteiger partial charge in [-0.05, 0) is 42.7 Å². The summed E-state index contributed by atoms with van der Waals surface area (Å²) in [6, 6.07) is 4.52. The average Bonchev–Trinajstić information content (AvgIpc) is 3.16. The number of benzene rings is 1. The third-order valence-electron chi connectivity index (χ3n) is 4.12. The lowest BCUT2D eigenvalue weighted by molar-refractivity contribution is 0.242. The van der Waals surface area contributed by atoms with Gasteiger partial charge in [-0.1, -0.05) is 26.8 Å². The topological polar surface area (TPSA) is 12.0 Å². The van der Waals surface area contributed by atoms with Crippen LogP contribution in [0.1, 0.15) is 39.2 Å². The van der Waals surface area contributed by atoms with E-state index in [1.54, 1.807) is 0 Å². The molecule has 19 heavy (non-hydrogen) atoms. The maximum atomic E-state index is 13.8. The van der Waals surface area contributed by atoms with Crippen LogP contribution in [0, 0.1) is 23.0 Å². The molecule has 0 aliphatic heterocycles. The van der Waals surface area contributed by atoms with E-state index < -0.39 is 11.6 Å². The van der Waals surface area contributed by atoms with Crippen molar-refractivity contribution in [1.29, 1.82) is 0 Å². The molecule has 1 fully saturated rings. The van der Waals surface area contributed by atoms with E-state index in [2.05, 4.69) is 26.1 Å². The normalized spacial score (nSPS) is 18.6. The van der Waals surface area contributed by atoms with Gasteiger partial charge >= 0.3 is 0 Å². The van der Waals surface area contributed by atoms with Gasteiger partial charge in [-0.15, -0.1) is 0 Å². The van der Waals surface area contributed by atoms with Gasteiger partial charge in [0.05, 0.1) is 0 Å². The monoisotopic (exact) mass is 267 g/mol. The minimum Gasteiger partial charge on any atom is -0.314 e. The zero-order valence-electron chi connectivity index (χ0n) is 12.0. The highest BCUT2D eigenvalue weighted by molar-refractivity contribution is 5.22. The Bertz CT molecular complexity index is 420. The Morgan fingerprint density at radius 3 is 2.32 bits per heavy atom. The van der Waals surface area contributed by atoms with E-state index in [1.165, 1.54) is 31.0 Å². The van der Waals surface area contributed by atoms with Gasteiger partial charge in [-0.3, -0.25) is 0 Å². The molecule has 1 aliphatic carbocycles. The molecule has 0 radical (unpaired) electrons. The minimum atomic E-state index is -0.420. The quantitative estimate of drug-likeness (QED) is 0.823. The van der Waals surface area contributed by atoms with E-state index in [0.717, 1.165) is 6.54 Å². The highest BCUT2D eigenvalue weighted by Gasteiger charge is 2.42. The van der Waals surface area contributed by atoms with Crippen LogP contribution in [0.25, 0.3) is 0 Å². The summed E-state index contributed by atoms with van der Waals surface area (Å²) < 4.78 is 27.6. The second kappa shape index (κ2) is 5.58. The van der Waals surface area contributed by atoms with Crippen LogP contribution in [0.4, 0.5) is 8.78 Å². The molecule has 1 saturated carbocycles. The van der Waals surface area contributed by atoms with E-state index in [9.17, 15) is 8.78 Å². The van der Waals surface area contributed by atoms with Gasteiger partial charge in [-0.25, -0.2) is 8.78 Å². The second-order valence-corrected chi connectivity index (χ2v) is 6.34. The Kier molecular flexibility index (Phi) is 4.24. The highest BCUT2D eigenvalue weighted by atomic mass is 19.1. The van der Waals surface area contributed by atoms with Gasteiger partial charge in [0.2, 0.25) is 0 Å². The molecule has 3 heteroatoms. The van der Waals surface area contributed by atoms with Gasteiger partial charge in [0, 0.05) is 18.2 Å². The van der Waals surface area contributed by atoms with Gasteiger partial charge < -0.3 is 5.32 Å². The van der Waals surface area contributed by atoms with Crippen LogP contribution in [0.5, 0.6) is 0 Å². The Labute approximate surface area is 114 Å².